The minimum atomic E-state index is -4.48. The molecule has 0 radical (unpaired) electrons. The van der Waals surface area contributed by atoms with E-state index in [-0.39, 0.29) is 31.4 Å². The molecule has 0 bridgehead atoms. The highest BCUT2D eigenvalue weighted by atomic mass is 19.4. The van der Waals surface area contributed by atoms with Crippen molar-refractivity contribution in [3.8, 4) is 0 Å². The van der Waals surface area contributed by atoms with E-state index >= 15 is 0 Å². The van der Waals surface area contributed by atoms with E-state index in [9.17, 15) is 22.8 Å². The fourth-order valence-electron chi connectivity index (χ4n) is 2.32. The average molecular weight is 327 g/mol. The third-order valence-electron chi connectivity index (χ3n) is 3.68. The molecule has 0 aromatic carbocycles. The molecule has 5 nitrogen and oxygen atoms in total. The van der Waals surface area contributed by atoms with E-state index in [4.69, 9.17) is 0 Å². The summed E-state index contributed by atoms with van der Waals surface area (Å²) >= 11 is 0. The zero-order valence-corrected chi connectivity index (χ0v) is 12.5. The second kappa shape index (κ2) is 6.02. The van der Waals surface area contributed by atoms with Gasteiger partial charge in [0, 0.05) is 25.8 Å². The Kier molecular flexibility index (Phi) is 4.44. The third-order valence-corrected chi connectivity index (χ3v) is 3.68. The van der Waals surface area contributed by atoms with Crippen LogP contribution in [0.5, 0.6) is 0 Å². The molecule has 2 rings (SSSR count). The number of alkyl halides is 3. The van der Waals surface area contributed by atoms with E-state index in [2.05, 4.69) is 16.9 Å². The zero-order chi connectivity index (χ0) is 17.3. The van der Waals surface area contributed by atoms with Gasteiger partial charge < -0.3 is 10.2 Å². The summed E-state index contributed by atoms with van der Waals surface area (Å²) in [4.78, 5) is 28.3. The number of hydrogen-bond donors (Lipinski definition) is 1. The molecular formula is C15H16F3N3O2. The Bertz CT molecular complexity index is 620. The Morgan fingerprint density at radius 3 is 2.57 bits per heavy atom. The number of nitrogens with zero attached hydrogens (tertiary/aromatic N) is 2. The molecule has 124 valence electrons. The maximum atomic E-state index is 12.4. The highest BCUT2D eigenvalue weighted by Crippen LogP contribution is 2.30. The number of halogens is 3. The molecule has 1 aliphatic heterocycles. The molecule has 2 amide bonds. The van der Waals surface area contributed by atoms with Gasteiger partial charge in [0.25, 0.3) is 0 Å². The van der Waals surface area contributed by atoms with Gasteiger partial charge in [-0.25, -0.2) is 0 Å². The summed E-state index contributed by atoms with van der Waals surface area (Å²) in [5.74, 6) is -0.493. The van der Waals surface area contributed by atoms with Crippen LogP contribution >= 0.6 is 0 Å². The number of pyridine rings is 1. The molecule has 0 aliphatic carbocycles. The molecule has 1 saturated heterocycles. The van der Waals surface area contributed by atoms with Crippen molar-refractivity contribution in [1.82, 2.24) is 15.2 Å². The van der Waals surface area contributed by atoms with E-state index < -0.39 is 17.3 Å². The molecule has 0 unspecified atom stereocenters. The van der Waals surface area contributed by atoms with Crippen LogP contribution in [-0.2, 0) is 22.3 Å². The van der Waals surface area contributed by atoms with Gasteiger partial charge in [-0.15, -0.1) is 0 Å². The summed E-state index contributed by atoms with van der Waals surface area (Å²) in [6, 6.07) is 2.14. The van der Waals surface area contributed by atoms with E-state index in [1.165, 1.54) is 17.0 Å². The number of likely N-dealkylation sites (tertiary alicyclic amines) is 1. The maximum Gasteiger partial charge on any atom is 0.433 e. The van der Waals surface area contributed by atoms with Crippen LogP contribution < -0.4 is 5.32 Å². The molecule has 0 spiro atoms. The van der Waals surface area contributed by atoms with Crippen molar-refractivity contribution in [2.24, 2.45) is 5.41 Å². The van der Waals surface area contributed by atoms with Crippen LogP contribution in [0.2, 0.25) is 0 Å². The maximum absolute atomic E-state index is 12.4. The summed E-state index contributed by atoms with van der Waals surface area (Å²) in [6.07, 6.45) is -2.21. The SMILES string of the molecule is C=CC(=O)N1CC(C)(C(=O)NCc2ccc(C(F)(F)F)nc2)C1. The fourth-order valence-corrected chi connectivity index (χ4v) is 2.32. The lowest BCUT2D eigenvalue weighted by atomic mass is 9.81. The van der Waals surface area contributed by atoms with Crippen LogP contribution in [0.25, 0.3) is 0 Å². The van der Waals surface area contributed by atoms with Gasteiger partial charge in [-0.2, -0.15) is 13.2 Å². The lowest BCUT2D eigenvalue weighted by Gasteiger charge is -2.46. The van der Waals surface area contributed by atoms with Gasteiger partial charge in [0.15, 0.2) is 0 Å². The fraction of sp³-hybridized carbons (Fsp3) is 0.400. The normalized spacial score (nSPS) is 16.4. The molecule has 8 heteroatoms. The molecule has 23 heavy (non-hydrogen) atoms. The summed E-state index contributed by atoms with van der Waals surface area (Å²) in [7, 11) is 0. The van der Waals surface area contributed by atoms with Gasteiger partial charge in [0.1, 0.15) is 5.69 Å². The quantitative estimate of drug-likeness (QED) is 0.857. The first kappa shape index (κ1) is 17.0. The van der Waals surface area contributed by atoms with Crippen molar-refractivity contribution in [3.05, 3.63) is 42.2 Å². The summed E-state index contributed by atoms with van der Waals surface area (Å²) in [5, 5.41) is 2.65. The van der Waals surface area contributed by atoms with Crippen molar-refractivity contribution in [3.63, 3.8) is 0 Å². The molecule has 1 fully saturated rings. The second-order valence-corrected chi connectivity index (χ2v) is 5.69. The monoisotopic (exact) mass is 327 g/mol. The third kappa shape index (κ3) is 3.69. The van der Waals surface area contributed by atoms with Gasteiger partial charge >= 0.3 is 6.18 Å². The number of amides is 2. The van der Waals surface area contributed by atoms with E-state index in [0.717, 1.165) is 12.3 Å². The minimum absolute atomic E-state index is 0.0783. The van der Waals surface area contributed by atoms with Gasteiger partial charge in [-0.1, -0.05) is 12.6 Å². The molecule has 0 saturated carbocycles. The van der Waals surface area contributed by atoms with Crippen molar-refractivity contribution >= 4 is 11.8 Å². The Labute approximate surface area is 131 Å². The van der Waals surface area contributed by atoms with Crippen molar-refractivity contribution < 1.29 is 22.8 Å². The standard InChI is InChI=1S/C15H16F3N3O2/c1-3-12(22)21-8-14(2,9-21)13(23)20-7-10-4-5-11(19-6-10)15(16,17)18/h3-6H,1,7-9H2,2H3,(H,20,23). The van der Waals surface area contributed by atoms with Crippen molar-refractivity contribution in [1.29, 1.82) is 0 Å². The molecule has 1 aromatic rings. The average Bonchev–Trinajstić information content (AvgIpc) is 2.48. The van der Waals surface area contributed by atoms with E-state index in [1.54, 1.807) is 6.92 Å². The lowest BCUT2D eigenvalue weighted by molar-refractivity contribution is -0.149. The molecule has 1 aromatic heterocycles. The summed E-state index contributed by atoms with van der Waals surface area (Å²) < 4.78 is 37.2. The van der Waals surface area contributed by atoms with Gasteiger partial charge in [0.05, 0.1) is 5.41 Å². The van der Waals surface area contributed by atoms with Crippen LogP contribution in [0.1, 0.15) is 18.2 Å². The van der Waals surface area contributed by atoms with Gasteiger partial charge in [0.2, 0.25) is 11.8 Å². The predicted octanol–water partition coefficient (Wildman–Crippen LogP) is 1.75. The van der Waals surface area contributed by atoms with Crippen molar-refractivity contribution in [2.75, 3.05) is 13.1 Å². The number of aromatic nitrogens is 1. The molecule has 2 heterocycles. The number of hydrogen-bond acceptors (Lipinski definition) is 3. The number of rotatable bonds is 4. The highest BCUT2D eigenvalue weighted by Gasteiger charge is 2.46. The minimum Gasteiger partial charge on any atom is -0.351 e. The van der Waals surface area contributed by atoms with E-state index in [0.29, 0.717) is 5.56 Å². The van der Waals surface area contributed by atoms with Crippen LogP contribution in [0.15, 0.2) is 31.0 Å². The first-order chi connectivity index (χ1) is 10.7. The molecular weight excluding hydrogens is 311 g/mol. The largest absolute Gasteiger partial charge is 0.433 e. The molecule has 0 atom stereocenters. The van der Waals surface area contributed by atoms with E-state index in [1.807, 2.05) is 0 Å². The number of carbonyl (C=O) groups excluding carboxylic acids is 2. The van der Waals surface area contributed by atoms with Gasteiger partial charge in [-0.05, 0) is 24.6 Å². The molecule has 1 aliphatic rings. The summed E-state index contributed by atoms with van der Waals surface area (Å²) in [6.45, 7) is 5.75. The van der Waals surface area contributed by atoms with Crippen LogP contribution in [0.4, 0.5) is 13.2 Å². The smallest absolute Gasteiger partial charge is 0.351 e. The van der Waals surface area contributed by atoms with Crippen LogP contribution in [0, 0.1) is 5.41 Å². The Morgan fingerprint density at radius 1 is 1.43 bits per heavy atom. The topological polar surface area (TPSA) is 62.3 Å². The number of nitrogens with one attached hydrogen (secondary N) is 1. The highest BCUT2D eigenvalue weighted by molar-refractivity contribution is 5.91. The Morgan fingerprint density at radius 2 is 2.09 bits per heavy atom. The summed E-state index contributed by atoms with van der Waals surface area (Å²) in [5.41, 5.74) is -1.21. The van der Waals surface area contributed by atoms with Crippen molar-refractivity contribution in [2.45, 2.75) is 19.6 Å². The Balaban J connectivity index is 1.88. The predicted molar refractivity (Wildman–Crippen MR) is 76.0 cm³/mol. The second-order valence-electron chi connectivity index (χ2n) is 5.69. The first-order valence-corrected chi connectivity index (χ1v) is 6.87. The lowest BCUT2D eigenvalue weighted by Crippen LogP contribution is -2.62. The van der Waals surface area contributed by atoms with Crippen LogP contribution in [0.3, 0.4) is 0 Å². The number of carbonyl (C=O) groups is 2. The van der Waals surface area contributed by atoms with Crippen LogP contribution in [-0.4, -0.2) is 34.8 Å². The molecule has 1 N–H and O–H groups in total. The Hall–Kier alpha value is -2.38. The first-order valence-electron chi connectivity index (χ1n) is 6.87. The van der Waals surface area contributed by atoms with Gasteiger partial charge in [-0.3, -0.25) is 14.6 Å². The zero-order valence-electron chi connectivity index (χ0n) is 12.5.